The third-order valence-electron chi connectivity index (χ3n) is 14.5. The maximum absolute atomic E-state index is 12.6. The van der Waals surface area contributed by atoms with Crippen LogP contribution in [0.4, 0.5) is 35.3 Å². The summed E-state index contributed by atoms with van der Waals surface area (Å²) in [6, 6.07) is 15.4. The number of aryl methyl sites for hydroxylation is 3. The molecule has 0 aliphatic carbocycles. The molecule has 3 heterocycles. The van der Waals surface area contributed by atoms with Crippen LogP contribution in [0.3, 0.4) is 0 Å². The van der Waals surface area contributed by atoms with Crippen LogP contribution in [0.25, 0.3) is 0 Å². The Balaban J connectivity index is 0.000000684. The topological polar surface area (TPSA) is 451 Å². The number of rotatable bonds is 35. The quantitative estimate of drug-likeness (QED) is 0.0130. The van der Waals surface area contributed by atoms with Gasteiger partial charge in [0.1, 0.15) is 40.5 Å². The second-order valence-electron chi connectivity index (χ2n) is 22.0. The van der Waals surface area contributed by atoms with Crippen molar-refractivity contribution in [1.29, 1.82) is 0 Å². The van der Waals surface area contributed by atoms with Crippen molar-refractivity contribution in [2.75, 3.05) is 101 Å². The molecule has 0 aliphatic rings. The predicted octanol–water partition coefficient (Wildman–Crippen LogP) is 5.65. The molecular formula is C68H100N15NaO13. The predicted molar refractivity (Wildman–Crippen MR) is 372 cm³/mol. The molecule has 0 spiro atoms. The standard InChI is InChI=1S/C23H33N5O3.C22H31N5O4.C18H24N4O3.C5H11NO2.Na.H2O/c1-5-6-11-25-21-19(16(3)27-23(24)28-21)14-18-13-17(9-10-20(18)31-4)22(30)26-12-7-8-15(2)29;1-4-5-10-24-20-17(14(2)26-22(23)27-20)13-16-12-15(8-9-18(16)31-3)21(30)25-11-6-7-19(28)29;1-4-5-8-20-16-14(11(2)21-18(19)22-16)10-13-9-12(17(23)24)6-7-15(13)25-3;1-8-5(7)3-2-4-6;;/h9-10,13H,5-8,11-12,14H2,1-4H3,(H,26,30)(H3,24,25,27,28);8-9,12H,4-7,10-11,13H2,1-3H3,(H,25,30)(H,28,29)(H3,23,24,26,27);6-7,9H,4-5,8,10H2,1-3H3,(H,23,24)(H3,19,20,21,22);2-4,6H2,1H3;;1H2/q;;;;+1;/p-1. The molecule has 0 aliphatic heterocycles. The van der Waals surface area contributed by atoms with E-state index in [2.05, 4.69) is 82.0 Å². The molecule has 0 fully saturated rings. The number of aromatic nitrogens is 6. The van der Waals surface area contributed by atoms with Crippen LogP contribution in [0.15, 0.2) is 54.6 Å². The first-order valence-corrected chi connectivity index (χ1v) is 31.9. The summed E-state index contributed by atoms with van der Waals surface area (Å²) in [5.41, 5.74) is 31.3. The summed E-state index contributed by atoms with van der Waals surface area (Å²) in [7, 11) is 6.12. The van der Waals surface area contributed by atoms with Crippen LogP contribution in [0.5, 0.6) is 17.2 Å². The number of hydrogen-bond acceptors (Lipinski definition) is 24. The fraction of sp³-hybridized carbons (Fsp3) is 0.471. The van der Waals surface area contributed by atoms with E-state index in [0.29, 0.717) is 117 Å². The number of carboxylic acids is 2. The van der Waals surface area contributed by atoms with Crippen molar-refractivity contribution in [2.45, 2.75) is 145 Å². The SMILES string of the molecule is CCCCNc1nc(N)nc(C)c1Cc1cc(C(=O)NCCCC(=O)O)ccc1OC.CCCCNc1nc(N)nc(C)c1Cc1cc(C(=O)NCCCC(C)=O)ccc1OC.CCCCNc1nc(N)nc(C)c1Cc1cc(C(=O)O)ccc1OC.COC(=O)CCCN.[Na+].[OH-]. The van der Waals surface area contributed by atoms with Crippen LogP contribution >= 0.6 is 0 Å². The molecular weight excluding hydrogens is 1260 g/mol. The Hall–Kier alpha value is -8.96. The number of nitrogen functional groups attached to an aromatic ring is 3. The smallest absolute Gasteiger partial charge is 0.870 e. The Morgan fingerprint density at radius 1 is 0.474 bits per heavy atom. The minimum absolute atomic E-state index is 0. The molecule has 6 rings (SSSR count). The number of carbonyl (C=O) groups excluding carboxylic acids is 4. The van der Waals surface area contributed by atoms with Crippen LogP contribution in [0.2, 0.25) is 0 Å². The summed E-state index contributed by atoms with van der Waals surface area (Å²) in [6.45, 7) is 17.2. The number of benzene rings is 3. The molecule has 6 aromatic rings. The molecule has 97 heavy (non-hydrogen) atoms. The second kappa shape index (κ2) is 47.0. The number of nitrogens with zero attached hydrogens (tertiary/aromatic N) is 6. The number of aliphatic carboxylic acids is 1. The number of aromatic carboxylic acids is 1. The number of Topliss-reactive ketones (excluding diaryl/α,β-unsaturated/α-hetero) is 1. The molecule has 3 aromatic carbocycles. The van der Waals surface area contributed by atoms with Crippen LogP contribution < -0.4 is 93.3 Å². The van der Waals surface area contributed by atoms with Crippen molar-refractivity contribution in [3.8, 4) is 17.2 Å². The molecule has 0 unspecified atom stereocenters. The first-order valence-electron chi connectivity index (χ1n) is 31.9. The number of unbranched alkanes of at least 4 members (excludes halogenated alkanes) is 3. The minimum atomic E-state index is -0.976. The summed E-state index contributed by atoms with van der Waals surface area (Å²) < 4.78 is 20.8. The summed E-state index contributed by atoms with van der Waals surface area (Å²) in [4.78, 5) is 94.2. The van der Waals surface area contributed by atoms with Gasteiger partial charge >= 0.3 is 47.5 Å². The fourth-order valence-electron chi connectivity index (χ4n) is 9.35. The van der Waals surface area contributed by atoms with Gasteiger partial charge in [0.15, 0.2) is 0 Å². The van der Waals surface area contributed by atoms with Crippen LogP contribution in [0, 0.1) is 20.8 Å². The number of hydrogen-bond donors (Lipinski definition) is 11. The van der Waals surface area contributed by atoms with E-state index < -0.39 is 11.9 Å². The third-order valence-corrected chi connectivity index (χ3v) is 14.5. The van der Waals surface area contributed by atoms with E-state index >= 15 is 0 Å². The number of carbonyl (C=O) groups is 6. The van der Waals surface area contributed by atoms with Gasteiger partial charge in [0.2, 0.25) is 17.8 Å². The number of anilines is 6. The number of amides is 2. The van der Waals surface area contributed by atoms with Gasteiger partial charge in [-0.1, -0.05) is 40.0 Å². The zero-order valence-electron chi connectivity index (χ0n) is 58.5. The minimum Gasteiger partial charge on any atom is -0.870 e. The molecule has 3 aromatic heterocycles. The van der Waals surface area contributed by atoms with E-state index in [-0.39, 0.29) is 88.4 Å². The number of nitrogens with two attached hydrogens (primary N) is 4. The van der Waals surface area contributed by atoms with Crippen molar-refractivity contribution < 1.29 is 93.0 Å². The van der Waals surface area contributed by atoms with Gasteiger partial charge in [0.05, 0.1) is 34.0 Å². The molecule has 16 N–H and O–H groups in total. The van der Waals surface area contributed by atoms with Crippen molar-refractivity contribution in [1.82, 2.24) is 40.5 Å². The summed E-state index contributed by atoms with van der Waals surface area (Å²) in [6.07, 6.45) is 10.3. The summed E-state index contributed by atoms with van der Waals surface area (Å²) in [5, 5.41) is 33.5. The average Bonchev–Trinajstić information content (AvgIpc) is 0.850. The van der Waals surface area contributed by atoms with Gasteiger partial charge in [-0.25, -0.2) is 19.7 Å². The fourth-order valence-corrected chi connectivity index (χ4v) is 9.35. The zero-order valence-corrected chi connectivity index (χ0v) is 60.5. The normalized spacial score (nSPS) is 10.2. The second-order valence-corrected chi connectivity index (χ2v) is 22.0. The molecule has 0 atom stereocenters. The van der Waals surface area contributed by atoms with Crippen molar-refractivity contribution in [2.24, 2.45) is 5.73 Å². The molecule has 0 bridgehead atoms. The van der Waals surface area contributed by atoms with Gasteiger partial charge in [-0.3, -0.25) is 19.2 Å². The van der Waals surface area contributed by atoms with E-state index in [4.69, 9.17) is 42.3 Å². The van der Waals surface area contributed by atoms with Gasteiger partial charge in [0.25, 0.3) is 11.8 Å². The Labute approximate surface area is 591 Å². The van der Waals surface area contributed by atoms with Crippen LogP contribution in [0.1, 0.15) is 186 Å². The Morgan fingerprint density at radius 2 is 0.814 bits per heavy atom. The molecule has 28 nitrogen and oxygen atoms in total. The first kappa shape index (κ1) is 86.1. The van der Waals surface area contributed by atoms with Crippen molar-refractivity contribution in [3.63, 3.8) is 0 Å². The number of nitrogens with one attached hydrogen (secondary N) is 5. The van der Waals surface area contributed by atoms with Gasteiger partial charge < -0.3 is 88.9 Å². The number of ketones is 1. The maximum Gasteiger partial charge on any atom is 1.00 e. The van der Waals surface area contributed by atoms with E-state index in [1.807, 2.05) is 26.8 Å². The first-order chi connectivity index (χ1) is 45.5. The maximum atomic E-state index is 12.6. The molecule has 526 valence electrons. The van der Waals surface area contributed by atoms with Gasteiger partial charge in [-0.2, -0.15) is 15.0 Å². The number of methoxy groups -OCH3 is 4. The van der Waals surface area contributed by atoms with Crippen LogP contribution in [-0.2, 0) is 38.4 Å². The average molecular weight is 1360 g/mol. The van der Waals surface area contributed by atoms with Gasteiger partial charge in [-0.05, 0) is 144 Å². The molecule has 2 amide bonds. The Morgan fingerprint density at radius 3 is 1.11 bits per heavy atom. The van der Waals surface area contributed by atoms with E-state index in [0.717, 1.165) is 109 Å². The monoisotopic (exact) mass is 1360 g/mol. The summed E-state index contributed by atoms with van der Waals surface area (Å²) in [5.74, 6) is 2.31. The molecule has 0 saturated carbocycles. The zero-order chi connectivity index (χ0) is 70.4. The van der Waals surface area contributed by atoms with Crippen molar-refractivity contribution >= 4 is 70.8 Å². The van der Waals surface area contributed by atoms with Gasteiger partial charge in [0, 0.05) is 116 Å². The number of esters is 1. The molecule has 0 saturated heterocycles. The largest absolute Gasteiger partial charge is 1.00 e. The summed E-state index contributed by atoms with van der Waals surface area (Å²) >= 11 is 0. The van der Waals surface area contributed by atoms with Crippen molar-refractivity contribution in [3.05, 3.63) is 122 Å². The van der Waals surface area contributed by atoms with E-state index in [1.165, 1.54) is 13.2 Å². The molecule has 29 heteroatoms. The Bertz CT molecular complexity index is 3320. The van der Waals surface area contributed by atoms with Crippen LogP contribution in [-0.4, -0.2) is 149 Å². The molecule has 0 radical (unpaired) electrons. The van der Waals surface area contributed by atoms with Gasteiger partial charge in [-0.15, -0.1) is 0 Å². The van der Waals surface area contributed by atoms with E-state index in [1.54, 1.807) is 70.7 Å². The van der Waals surface area contributed by atoms with E-state index in [9.17, 15) is 33.9 Å². The number of carboxylic acid groups (broad SMARTS) is 2. The third kappa shape index (κ3) is 30.8. The number of ether oxygens (including phenoxy) is 4. The Kier molecular flexibility index (Phi) is 41.7.